The van der Waals surface area contributed by atoms with Crippen LogP contribution in [-0.4, -0.2) is 28.2 Å². The second-order valence-electron chi connectivity index (χ2n) is 4.14. The molecular formula is C11H16N6O2S. The summed E-state index contributed by atoms with van der Waals surface area (Å²) >= 11 is 0. The SMILES string of the molecule is CCCn1cc(S(=O)(=O)Nc2nccnn2)cc1CN. The van der Waals surface area contributed by atoms with Gasteiger partial charge in [-0.3, -0.25) is 0 Å². The molecule has 0 aromatic carbocycles. The van der Waals surface area contributed by atoms with Gasteiger partial charge in [0, 0.05) is 25.0 Å². The topological polar surface area (TPSA) is 116 Å². The van der Waals surface area contributed by atoms with Crippen LogP contribution in [0, 0.1) is 0 Å². The minimum Gasteiger partial charge on any atom is -0.349 e. The largest absolute Gasteiger partial charge is 0.349 e. The first-order valence-corrected chi connectivity index (χ1v) is 7.60. The van der Waals surface area contributed by atoms with Crippen molar-refractivity contribution in [3.63, 3.8) is 0 Å². The number of aryl methyl sites for hydroxylation is 1. The van der Waals surface area contributed by atoms with Crippen molar-refractivity contribution in [3.05, 3.63) is 30.4 Å². The average Bonchev–Trinajstić information content (AvgIpc) is 2.84. The van der Waals surface area contributed by atoms with E-state index in [-0.39, 0.29) is 17.4 Å². The lowest BCUT2D eigenvalue weighted by Crippen LogP contribution is -2.14. The average molecular weight is 296 g/mol. The fraction of sp³-hybridized carbons (Fsp3) is 0.364. The number of nitrogens with one attached hydrogen (secondary N) is 1. The van der Waals surface area contributed by atoms with E-state index in [0.29, 0.717) is 6.54 Å². The van der Waals surface area contributed by atoms with Crippen molar-refractivity contribution in [2.75, 3.05) is 4.72 Å². The van der Waals surface area contributed by atoms with Crippen LogP contribution >= 0.6 is 0 Å². The van der Waals surface area contributed by atoms with E-state index in [1.54, 1.807) is 12.3 Å². The highest BCUT2D eigenvalue weighted by atomic mass is 32.2. The Morgan fingerprint density at radius 1 is 1.40 bits per heavy atom. The third-order valence-corrected chi connectivity index (χ3v) is 3.95. The molecule has 0 atom stereocenters. The standard InChI is InChI=1S/C11H16N6O2S/c1-2-5-17-8-10(6-9(17)7-12)20(18,19)16-11-13-3-4-14-15-11/h3-4,6,8H,2,5,7,12H2,1H3,(H,13,15,16). The molecule has 2 aromatic heterocycles. The molecule has 0 unspecified atom stereocenters. The van der Waals surface area contributed by atoms with Crippen LogP contribution < -0.4 is 10.5 Å². The van der Waals surface area contributed by atoms with Gasteiger partial charge in [0.2, 0.25) is 0 Å². The van der Waals surface area contributed by atoms with Crippen LogP contribution in [0.3, 0.4) is 0 Å². The molecular weight excluding hydrogens is 280 g/mol. The number of sulfonamides is 1. The van der Waals surface area contributed by atoms with Crippen LogP contribution in [0.25, 0.3) is 0 Å². The highest BCUT2D eigenvalue weighted by molar-refractivity contribution is 7.92. The van der Waals surface area contributed by atoms with Gasteiger partial charge in [-0.1, -0.05) is 6.92 Å². The summed E-state index contributed by atoms with van der Waals surface area (Å²) in [5.74, 6) is -0.0648. The number of rotatable bonds is 6. The maximum Gasteiger partial charge on any atom is 0.265 e. The Kier molecular flexibility index (Phi) is 4.30. The Balaban J connectivity index is 2.30. The van der Waals surface area contributed by atoms with E-state index >= 15 is 0 Å². The molecule has 8 nitrogen and oxygen atoms in total. The van der Waals surface area contributed by atoms with Gasteiger partial charge in [-0.05, 0) is 12.5 Å². The fourth-order valence-electron chi connectivity index (χ4n) is 1.77. The maximum atomic E-state index is 12.2. The minimum atomic E-state index is -3.73. The van der Waals surface area contributed by atoms with Crippen molar-refractivity contribution in [2.45, 2.75) is 31.3 Å². The minimum absolute atomic E-state index is 0.0648. The molecule has 0 spiro atoms. The summed E-state index contributed by atoms with van der Waals surface area (Å²) in [6.45, 7) is 3.00. The van der Waals surface area contributed by atoms with Crippen LogP contribution in [0.4, 0.5) is 5.95 Å². The van der Waals surface area contributed by atoms with E-state index in [1.165, 1.54) is 12.4 Å². The van der Waals surface area contributed by atoms with Gasteiger partial charge < -0.3 is 10.3 Å². The first kappa shape index (κ1) is 14.4. The number of aromatic nitrogens is 4. The molecule has 9 heteroatoms. The summed E-state index contributed by atoms with van der Waals surface area (Å²) in [7, 11) is -3.73. The lowest BCUT2D eigenvalue weighted by atomic mass is 10.4. The van der Waals surface area contributed by atoms with E-state index in [2.05, 4.69) is 19.9 Å². The van der Waals surface area contributed by atoms with Crippen molar-refractivity contribution >= 4 is 16.0 Å². The first-order valence-electron chi connectivity index (χ1n) is 6.12. The Morgan fingerprint density at radius 3 is 2.80 bits per heavy atom. The van der Waals surface area contributed by atoms with E-state index in [0.717, 1.165) is 12.1 Å². The second kappa shape index (κ2) is 5.97. The highest BCUT2D eigenvalue weighted by Crippen LogP contribution is 2.17. The zero-order chi connectivity index (χ0) is 14.6. The van der Waals surface area contributed by atoms with Crippen molar-refractivity contribution in [1.29, 1.82) is 0 Å². The molecule has 20 heavy (non-hydrogen) atoms. The Labute approximate surface area is 117 Å². The number of hydrogen-bond acceptors (Lipinski definition) is 6. The molecule has 108 valence electrons. The Morgan fingerprint density at radius 2 is 2.20 bits per heavy atom. The van der Waals surface area contributed by atoms with Crippen molar-refractivity contribution < 1.29 is 8.42 Å². The van der Waals surface area contributed by atoms with Crippen molar-refractivity contribution in [2.24, 2.45) is 5.73 Å². The van der Waals surface area contributed by atoms with Crippen LogP contribution in [0.5, 0.6) is 0 Å². The van der Waals surface area contributed by atoms with Gasteiger partial charge in [-0.2, -0.15) is 5.10 Å². The molecule has 0 radical (unpaired) electrons. The van der Waals surface area contributed by atoms with Gasteiger partial charge in [-0.15, -0.1) is 5.10 Å². The number of nitrogens with zero attached hydrogens (tertiary/aromatic N) is 4. The molecule has 2 aromatic rings. The van der Waals surface area contributed by atoms with Gasteiger partial charge in [0.25, 0.3) is 16.0 Å². The zero-order valence-corrected chi connectivity index (χ0v) is 11.8. The summed E-state index contributed by atoms with van der Waals surface area (Å²) in [6.07, 6.45) is 5.17. The summed E-state index contributed by atoms with van der Waals surface area (Å²) in [5, 5.41) is 7.16. The molecule has 2 heterocycles. The fourth-order valence-corrected chi connectivity index (χ4v) is 2.78. The monoisotopic (exact) mass is 296 g/mol. The zero-order valence-electron chi connectivity index (χ0n) is 11.0. The van der Waals surface area contributed by atoms with Gasteiger partial charge in [0.15, 0.2) is 0 Å². The first-order chi connectivity index (χ1) is 9.56. The van der Waals surface area contributed by atoms with Crippen molar-refractivity contribution in [3.8, 4) is 0 Å². The van der Waals surface area contributed by atoms with Gasteiger partial charge in [0.05, 0.1) is 12.4 Å². The number of hydrogen-bond donors (Lipinski definition) is 2. The van der Waals surface area contributed by atoms with E-state index in [4.69, 9.17) is 5.73 Å². The molecule has 0 saturated carbocycles. The lowest BCUT2D eigenvalue weighted by Gasteiger charge is -2.04. The van der Waals surface area contributed by atoms with E-state index in [9.17, 15) is 8.42 Å². The second-order valence-corrected chi connectivity index (χ2v) is 5.82. The van der Waals surface area contributed by atoms with Crippen LogP contribution in [0.1, 0.15) is 19.0 Å². The van der Waals surface area contributed by atoms with Crippen LogP contribution in [0.2, 0.25) is 0 Å². The number of anilines is 1. The molecule has 3 N–H and O–H groups in total. The van der Waals surface area contributed by atoms with Crippen LogP contribution in [0.15, 0.2) is 29.6 Å². The summed E-state index contributed by atoms with van der Waals surface area (Å²) in [4.78, 5) is 3.92. The quantitative estimate of drug-likeness (QED) is 0.794. The molecule has 2 rings (SSSR count). The molecule has 0 amide bonds. The van der Waals surface area contributed by atoms with Gasteiger partial charge in [-0.25, -0.2) is 18.1 Å². The van der Waals surface area contributed by atoms with Gasteiger partial charge >= 0.3 is 0 Å². The molecule has 0 saturated heterocycles. The lowest BCUT2D eigenvalue weighted by molar-refractivity contribution is 0.599. The molecule has 0 bridgehead atoms. The van der Waals surface area contributed by atoms with E-state index in [1.807, 2.05) is 11.5 Å². The smallest absolute Gasteiger partial charge is 0.265 e. The van der Waals surface area contributed by atoms with Crippen molar-refractivity contribution in [1.82, 2.24) is 19.7 Å². The predicted octanol–water partition coefficient (Wildman–Crippen LogP) is 0.343. The highest BCUT2D eigenvalue weighted by Gasteiger charge is 2.19. The normalized spacial score (nSPS) is 11.5. The van der Waals surface area contributed by atoms with Gasteiger partial charge in [0.1, 0.15) is 4.90 Å². The summed E-state index contributed by atoms with van der Waals surface area (Å²) in [5.41, 5.74) is 6.38. The third kappa shape index (κ3) is 3.11. The predicted molar refractivity (Wildman–Crippen MR) is 73.2 cm³/mol. The molecule has 0 aliphatic rings. The molecule has 0 fully saturated rings. The maximum absolute atomic E-state index is 12.2. The number of nitrogens with two attached hydrogens (primary N) is 1. The Hall–Kier alpha value is -2.00. The molecule has 0 aliphatic carbocycles. The van der Waals surface area contributed by atoms with E-state index < -0.39 is 10.0 Å². The molecule has 0 aliphatic heterocycles. The summed E-state index contributed by atoms with van der Waals surface area (Å²) < 4.78 is 28.5. The third-order valence-electron chi connectivity index (χ3n) is 2.65. The Bertz CT molecular complexity index is 667. The summed E-state index contributed by atoms with van der Waals surface area (Å²) in [6, 6.07) is 1.55. The van der Waals surface area contributed by atoms with Crippen LogP contribution in [-0.2, 0) is 23.1 Å².